The molecule has 0 saturated carbocycles. The summed E-state index contributed by atoms with van der Waals surface area (Å²) in [5.41, 5.74) is 6.75. The Hall–Kier alpha value is -2.55. The van der Waals surface area contributed by atoms with Crippen molar-refractivity contribution >= 4 is 41.0 Å². The number of nitrogens with zero attached hydrogens (tertiary/aromatic N) is 3. The maximum absolute atomic E-state index is 14.4. The predicted octanol–water partition coefficient (Wildman–Crippen LogP) is 3.27. The van der Waals surface area contributed by atoms with Gasteiger partial charge in [-0.25, -0.2) is 18.6 Å². The Morgan fingerprint density at radius 2 is 1.93 bits per heavy atom. The highest BCUT2D eigenvalue weighted by Crippen LogP contribution is 2.26. The van der Waals surface area contributed by atoms with Gasteiger partial charge in [0.15, 0.2) is 0 Å². The summed E-state index contributed by atoms with van der Waals surface area (Å²) in [4.78, 5) is 19.4. The van der Waals surface area contributed by atoms with Gasteiger partial charge in [-0.15, -0.1) is 0 Å². The summed E-state index contributed by atoms with van der Waals surface area (Å²) in [6.45, 7) is 2.51. The molecule has 2 amide bonds. The molecule has 0 unspecified atom stereocenters. The third-order valence-electron chi connectivity index (χ3n) is 4.34. The first-order valence-electron chi connectivity index (χ1n) is 8.94. The van der Waals surface area contributed by atoms with E-state index in [-0.39, 0.29) is 22.5 Å². The van der Waals surface area contributed by atoms with Crippen LogP contribution in [0.25, 0.3) is 6.08 Å². The van der Waals surface area contributed by atoms with Crippen molar-refractivity contribution in [2.24, 2.45) is 10.7 Å². The molecule has 0 radical (unpaired) electrons. The van der Waals surface area contributed by atoms with Crippen LogP contribution in [0, 0.1) is 11.6 Å². The van der Waals surface area contributed by atoms with Gasteiger partial charge in [0, 0.05) is 38.4 Å². The fourth-order valence-corrected chi connectivity index (χ4v) is 3.12. The summed E-state index contributed by atoms with van der Waals surface area (Å²) in [6, 6.07) is 2.27. The van der Waals surface area contributed by atoms with Crippen LogP contribution in [0.2, 0.25) is 0 Å². The molecule has 9 heteroatoms. The van der Waals surface area contributed by atoms with E-state index < -0.39 is 11.6 Å². The van der Waals surface area contributed by atoms with E-state index in [0.29, 0.717) is 38.0 Å². The van der Waals surface area contributed by atoms with Crippen LogP contribution in [-0.4, -0.2) is 49.1 Å². The number of benzene rings is 1. The normalized spacial score (nSPS) is 16.7. The van der Waals surface area contributed by atoms with E-state index in [9.17, 15) is 13.6 Å². The van der Waals surface area contributed by atoms with Gasteiger partial charge in [-0.3, -0.25) is 5.32 Å². The van der Waals surface area contributed by atoms with Gasteiger partial charge in [0.25, 0.3) is 0 Å². The van der Waals surface area contributed by atoms with Gasteiger partial charge in [0.1, 0.15) is 11.6 Å². The lowest BCUT2D eigenvalue weighted by Gasteiger charge is -2.20. The number of hydrogen-bond acceptors (Lipinski definition) is 3. The summed E-state index contributed by atoms with van der Waals surface area (Å²) in [5.74, 6) is -0.943. The molecule has 1 saturated heterocycles. The average molecular weight is 410 g/mol. The second-order valence-corrected chi connectivity index (χ2v) is 7.24. The first-order chi connectivity index (χ1) is 13.2. The third kappa shape index (κ3) is 5.98. The number of hydrogen-bond donors (Lipinski definition) is 2. The molecule has 0 atom stereocenters. The van der Waals surface area contributed by atoms with E-state index >= 15 is 0 Å². The van der Waals surface area contributed by atoms with Crippen molar-refractivity contribution in [3.63, 3.8) is 0 Å². The molecular weight excluding hydrogens is 384 g/mol. The van der Waals surface area contributed by atoms with Crippen molar-refractivity contribution in [1.82, 2.24) is 10.2 Å². The lowest BCUT2D eigenvalue weighted by molar-refractivity contribution is 0.205. The van der Waals surface area contributed by atoms with Crippen LogP contribution < -0.4 is 16.0 Å². The van der Waals surface area contributed by atoms with E-state index in [1.165, 1.54) is 12.1 Å². The standard InChI is InChI=1S/C19H25F2N5OS/c1-12(22)23-18(28)24-19(27)26-7-4-5-13(6-8-26)9-15-16(20)10-14(25(2)3)11-17(15)21/h9-11H,4-8H2,1-3H3,(H3,22,23,24,27,28)/b13-9-. The maximum atomic E-state index is 14.4. The summed E-state index contributed by atoms with van der Waals surface area (Å²) in [7, 11) is 3.45. The Morgan fingerprint density at radius 1 is 1.29 bits per heavy atom. The highest BCUT2D eigenvalue weighted by atomic mass is 32.1. The highest BCUT2D eigenvalue weighted by molar-refractivity contribution is 7.80. The Kier molecular flexibility index (Phi) is 7.45. The van der Waals surface area contributed by atoms with Crippen LogP contribution in [0.4, 0.5) is 19.3 Å². The van der Waals surface area contributed by atoms with Gasteiger partial charge in [-0.05, 0) is 56.6 Å². The number of likely N-dealkylation sites (tertiary alicyclic amines) is 1. The van der Waals surface area contributed by atoms with Crippen LogP contribution in [0.5, 0.6) is 0 Å². The number of anilines is 1. The smallest absolute Gasteiger partial charge is 0.323 e. The van der Waals surface area contributed by atoms with Crippen molar-refractivity contribution in [3.05, 3.63) is 34.9 Å². The molecule has 1 aromatic rings. The number of aliphatic imine (C=N–C) groups is 1. The molecule has 152 valence electrons. The molecule has 0 bridgehead atoms. The van der Waals surface area contributed by atoms with E-state index in [4.69, 9.17) is 18.0 Å². The number of amidine groups is 1. The highest BCUT2D eigenvalue weighted by Gasteiger charge is 2.19. The van der Waals surface area contributed by atoms with Crippen molar-refractivity contribution in [3.8, 4) is 0 Å². The number of halogens is 2. The Bertz CT molecular complexity index is 796. The van der Waals surface area contributed by atoms with Gasteiger partial charge >= 0.3 is 6.03 Å². The quantitative estimate of drug-likeness (QED) is 0.447. The third-order valence-corrected chi connectivity index (χ3v) is 4.53. The first kappa shape index (κ1) is 21.7. The number of urea groups is 1. The number of nitrogens with one attached hydrogen (secondary N) is 1. The second-order valence-electron chi connectivity index (χ2n) is 6.85. The minimum atomic E-state index is -0.601. The summed E-state index contributed by atoms with van der Waals surface area (Å²) in [6.07, 6.45) is 3.42. The summed E-state index contributed by atoms with van der Waals surface area (Å²) < 4.78 is 28.7. The number of carbonyl (C=O) groups excluding carboxylic acids is 1. The molecular formula is C19H25F2N5OS. The van der Waals surface area contributed by atoms with E-state index in [1.807, 2.05) is 0 Å². The van der Waals surface area contributed by atoms with Gasteiger partial charge in [0.05, 0.1) is 5.84 Å². The SMILES string of the molecule is C/C(N)=N/C(=S)NC(=O)N1CCC/C(=C/c2c(F)cc(N(C)C)cc2F)CC1. The number of thiocarbonyl (C=S) groups is 1. The van der Waals surface area contributed by atoms with Crippen LogP contribution >= 0.6 is 12.2 Å². The minimum Gasteiger partial charge on any atom is -0.387 e. The molecule has 1 heterocycles. The molecule has 0 aromatic heterocycles. The molecule has 0 spiro atoms. The van der Waals surface area contributed by atoms with Gasteiger partial charge in [0.2, 0.25) is 5.11 Å². The molecule has 1 aliphatic heterocycles. The fraction of sp³-hybridized carbons (Fsp3) is 0.421. The second kappa shape index (κ2) is 9.59. The van der Waals surface area contributed by atoms with E-state index in [0.717, 1.165) is 5.57 Å². The van der Waals surface area contributed by atoms with Gasteiger partial charge in [-0.1, -0.05) is 5.57 Å². The molecule has 1 aliphatic rings. The molecule has 3 N–H and O–H groups in total. The number of rotatable bonds is 2. The van der Waals surface area contributed by atoms with Crippen molar-refractivity contribution in [2.75, 3.05) is 32.1 Å². The van der Waals surface area contributed by atoms with E-state index in [1.54, 1.807) is 36.9 Å². The average Bonchev–Trinajstić information content (AvgIpc) is 2.82. The number of amides is 2. The first-order valence-corrected chi connectivity index (χ1v) is 9.34. The predicted molar refractivity (Wildman–Crippen MR) is 113 cm³/mol. The van der Waals surface area contributed by atoms with Crippen LogP contribution in [0.3, 0.4) is 0 Å². The fourth-order valence-electron chi connectivity index (χ4n) is 2.89. The maximum Gasteiger partial charge on any atom is 0.323 e. The largest absolute Gasteiger partial charge is 0.387 e. The van der Waals surface area contributed by atoms with Crippen LogP contribution in [0.1, 0.15) is 31.7 Å². The summed E-state index contributed by atoms with van der Waals surface area (Å²) >= 11 is 4.95. The zero-order valence-corrected chi connectivity index (χ0v) is 17.1. The number of nitrogens with two attached hydrogens (primary N) is 1. The topological polar surface area (TPSA) is 74.0 Å². The number of carbonyl (C=O) groups is 1. The molecule has 28 heavy (non-hydrogen) atoms. The van der Waals surface area contributed by atoms with Crippen molar-refractivity contribution < 1.29 is 13.6 Å². The molecule has 1 fully saturated rings. The molecule has 1 aromatic carbocycles. The summed E-state index contributed by atoms with van der Waals surface area (Å²) in [5, 5.41) is 2.52. The lowest BCUT2D eigenvalue weighted by Crippen LogP contribution is -2.42. The van der Waals surface area contributed by atoms with Gasteiger partial charge in [-0.2, -0.15) is 0 Å². The molecule has 6 nitrogen and oxygen atoms in total. The molecule has 0 aliphatic carbocycles. The Morgan fingerprint density at radius 3 is 2.50 bits per heavy atom. The van der Waals surface area contributed by atoms with Crippen LogP contribution in [0.15, 0.2) is 22.7 Å². The zero-order chi connectivity index (χ0) is 20.8. The van der Waals surface area contributed by atoms with Crippen molar-refractivity contribution in [1.29, 1.82) is 0 Å². The Balaban J connectivity index is 2.08. The zero-order valence-electron chi connectivity index (χ0n) is 16.3. The Labute approximate surface area is 169 Å². The van der Waals surface area contributed by atoms with Crippen molar-refractivity contribution in [2.45, 2.75) is 26.2 Å². The monoisotopic (exact) mass is 409 g/mol. The minimum absolute atomic E-state index is 0.00939. The van der Waals surface area contributed by atoms with Gasteiger partial charge < -0.3 is 15.5 Å². The molecule has 2 rings (SSSR count). The van der Waals surface area contributed by atoms with Crippen LogP contribution in [-0.2, 0) is 0 Å². The van der Waals surface area contributed by atoms with E-state index in [2.05, 4.69) is 10.3 Å². The lowest BCUT2D eigenvalue weighted by atomic mass is 10.0.